The van der Waals surface area contributed by atoms with Gasteiger partial charge in [0, 0.05) is 6.42 Å². The van der Waals surface area contributed by atoms with E-state index in [9.17, 15) is 15.0 Å². The molecule has 3 rings (SSSR count). The molecule has 0 saturated carbocycles. The van der Waals surface area contributed by atoms with Gasteiger partial charge in [0.05, 0.1) is 17.8 Å². The predicted molar refractivity (Wildman–Crippen MR) is 80.6 cm³/mol. The summed E-state index contributed by atoms with van der Waals surface area (Å²) in [7, 11) is 0. The Hall–Kier alpha value is -2.33. The van der Waals surface area contributed by atoms with E-state index in [-0.39, 0.29) is 6.61 Å². The molecule has 1 unspecified atom stereocenters. The molecule has 0 bridgehead atoms. The molecule has 1 amide bonds. The Balaban J connectivity index is 2.04. The van der Waals surface area contributed by atoms with E-state index in [1.807, 2.05) is 48.5 Å². The molecule has 0 aliphatic carbocycles. The van der Waals surface area contributed by atoms with Gasteiger partial charge >= 0.3 is 6.09 Å². The van der Waals surface area contributed by atoms with Crippen molar-refractivity contribution in [3.05, 3.63) is 65.7 Å². The number of carboxylic acid groups (broad SMARTS) is 1. The lowest BCUT2D eigenvalue weighted by atomic mass is 9.87. The predicted octanol–water partition coefficient (Wildman–Crippen LogP) is 2.70. The maximum absolute atomic E-state index is 11.7. The molecule has 1 atom stereocenters. The van der Waals surface area contributed by atoms with Crippen molar-refractivity contribution in [1.82, 2.24) is 0 Å². The first-order valence-corrected chi connectivity index (χ1v) is 6.92. The molecule has 0 saturated heterocycles. The fraction of sp³-hybridized carbons (Fsp3) is 0.235. The summed E-state index contributed by atoms with van der Waals surface area (Å²) in [4.78, 5) is 13.1. The van der Waals surface area contributed by atoms with Gasteiger partial charge < -0.3 is 10.2 Å². The van der Waals surface area contributed by atoms with Gasteiger partial charge in [0.15, 0.2) is 0 Å². The summed E-state index contributed by atoms with van der Waals surface area (Å²) < 4.78 is 0. The van der Waals surface area contributed by atoms with Crippen LogP contribution in [0.5, 0.6) is 0 Å². The topological polar surface area (TPSA) is 60.8 Å². The lowest BCUT2D eigenvalue weighted by Crippen LogP contribution is -2.54. The number of carbonyl (C=O) groups is 1. The molecule has 0 spiro atoms. The van der Waals surface area contributed by atoms with E-state index in [2.05, 4.69) is 0 Å². The Bertz CT molecular complexity index is 656. The van der Waals surface area contributed by atoms with Crippen molar-refractivity contribution in [2.24, 2.45) is 0 Å². The van der Waals surface area contributed by atoms with E-state index < -0.39 is 11.6 Å². The molecule has 1 heterocycles. The zero-order valence-corrected chi connectivity index (χ0v) is 11.6. The number of aliphatic hydroxyl groups excluding tert-OH is 1. The maximum atomic E-state index is 11.7. The Labute approximate surface area is 123 Å². The largest absolute Gasteiger partial charge is 0.465 e. The van der Waals surface area contributed by atoms with Crippen LogP contribution in [0.3, 0.4) is 0 Å². The third kappa shape index (κ3) is 2.28. The standard InChI is InChI=1S/C17H17NO3/c19-12-17(10-13-6-2-1-3-7-13)11-14-8-4-5-9-15(14)18(17)16(20)21/h1-9,19H,10-12H2,(H,20,21). The summed E-state index contributed by atoms with van der Waals surface area (Å²) in [6.07, 6.45) is -0.00318. The van der Waals surface area contributed by atoms with Crippen molar-refractivity contribution in [2.75, 3.05) is 11.5 Å². The number of fused-ring (bicyclic) bond motifs is 1. The van der Waals surface area contributed by atoms with Gasteiger partial charge in [-0.2, -0.15) is 0 Å². The van der Waals surface area contributed by atoms with Crippen LogP contribution in [0.25, 0.3) is 0 Å². The van der Waals surface area contributed by atoms with Gasteiger partial charge in [-0.25, -0.2) is 4.79 Å². The minimum absolute atomic E-state index is 0.205. The highest BCUT2D eigenvalue weighted by Gasteiger charge is 2.46. The molecule has 4 heteroatoms. The van der Waals surface area contributed by atoms with E-state index in [1.54, 1.807) is 6.07 Å². The molecule has 108 valence electrons. The van der Waals surface area contributed by atoms with Crippen molar-refractivity contribution in [1.29, 1.82) is 0 Å². The minimum atomic E-state index is -1.02. The molecule has 4 nitrogen and oxygen atoms in total. The van der Waals surface area contributed by atoms with E-state index in [0.29, 0.717) is 18.5 Å². The smallest absolute Gasteiger partial charge is 0.412 e. The van der Waals surface area contributed by atoms with Gasteiger partial charge in [-0.15, -0.1) is 0 Å². The second kappa shape index (κ2) is 5.22. The summed E-state index contributed by atoms with van der Waals surface area (Å²) in [6.45, 7) is -0.205. The zero-order chi connectivity index (χ0) is 14.9. The number of amides is 1. The quantitative estimate of drug-likeness (QED) is 0.910. The monoisotopic (exact) mass is 283 g/mol. The summed E-state index contributed by atoms with van der Waals surface area (Å²) >= 11 is 0. The number of hydrogen-bond donors (Lipinski definition) is 2. The Morgan fingerprint density at radius 3 is 2.43 bits per heavy atom. The van der Waals surface area contributed by atoms with Crippen molar-refractivity contribution >= 4 is 11.8 Å². The molecule has 1 aliphatic rings. The van der Waals surface area contributed by atoms with Crippen LogP contribution in [0.15, 0.2) is 54.6 Å². The first kappa shape index (κ1) is 13.6. The lowest BCUT2D eigenvalue weighted by molar-refractivity contribution is 0.164. The number of para-hydroxylation sites is 1. The molecule has 0 fully saturated rings. The van der Waals surface area contributed by atoms with Gasteiger partial charge in [0.25, 0.3) is 0 Å². The molecule has 0 radical (unpaired) electrons. The molecule has 2 N–H and O–H groups in total. The molecular formula is C17H17NO3. The van der Waals surface area contributed by atoms with Crippen LogP contribution in [0.4, 0.5) is 10.5 Å². The average molecular weight is 283 g/mol. The number of aliphatic hydroxyl groups is 1. The van der Waals surface area contributed by atoms with E-state index in [0.717, 1.165) is 11.1 Å². The van der Waals surface area contributed by atoms with Crippen LogP contribution in [0.2, 0.25) is 0 Å². The van der Waals surface area contributed by atoms with Gasteiger partial charge in [-0.1, -0.05) is 48.5 Å². The molecule has 0 aromatic heterocycles. The summed E-state index contributed by atoms with van der Waals surface area (Å²) in [6, 6.07) is 17.1. The number of benzene rings is 2. The normalized spacial score (nSPS) is 20.3. The first-order valence-electron chi connectivity index (χ1n) is 6.92. The number of nitrogens with zero attached hydrogens (tertiary/aromatic N) is 1. The highest BCUT2D eigenvalue weighted by atomic mass is 16.4. The molecule has 2 aromatic rings. The molecular weight excluding hydrogens is 266 g/mol. The van der Waals surface area contributed by atoms with Crippen LogP contribution in [0, 0.1) is 0 Å². The van der Waals surface area contributed by atoms with Crippen molar-refractivity contribution in [3.8, 4) is 0 Å². The van der Waals surface area contributed by atoms with Crippen LogP contribution in [-0.2, 0) is 12.8 Å². The fourth-order valence-electron chi connectivity index (χ4n) is 3.17. The van der Waals surface area contributed by atoms with E-state index in [1.165, 1.54) is 4.90 Å². The molecule has 2 aromatic carbocycles. The third-order valence-electron chi connectivity index (χ3n) is 4.09. The number of anilines is 1. The summed E-state index contributed by atoms with van der Waals surface area (Å²) in [5.74, 6) is 0. The zero-order valence-electron chi connectivity index (χ0n) is 11.6. The van der Waals surface area contributed by atoms with Crippen LogP contribution >= 0.6 is 0 Å². The summed E-state index contributed by atoms with van der Waals surface area (Å²) in [5, 5.41) is 19.6. The lowest BCUT2D eigenvalue weighted by Gasteiger charge is -2.35. The minimum Gasteiger partial charge on any atom is -0.465 e. The average Bonchev–Trinajstić information content (AvgIpc) is 2.82. The van der Waals surface area contributed by atoms with Crippen LogP contribution in [-0.4, -0.2) is 28.5 Å². The third-order valence-corrected chi connectivity index (χ3v) is 4.09. The van der Waals surface area contributed by atoms with E-state index >= 15 is 0 Å². The molecule has 21 heavy (non-hydrogen) atoms. The van der Waals surface area contributed by atoms with Gasteiger partial charge in [0.2, 0.25) is 0 Å². The fourth-order valence-corrected chi connectivity index (χ4v) is 3.17. The second-order valence-corrected chi connectivity index (χ2v) is 5.47. The second-order valence-electron chi connectivity index (χ2n) is 5.47. The summed E-state index contributed by atoms with van der Waals surface area (Å²) in [5.41, 5.74) is 1.84. The van der Waals surface area contributed by atoms with Crippen LogP contribution < -0.4 is 4.90 Å². The van der Waals surface area contributed by atoms with E-state index in [4.69, 9.17) is 0 Å². The van der Waals surface area contributed by atoms with Gasteiger partial charge in [0.1, 0.15) is 0 Å². The van der Waals surface area contributed by atoms with Gasteiger partial charge in [-0.05, 0) is 23.6 Å². The Morgan fingerprint density at radius 2 is 1.76 bits per heavy atom. The maximum Gasteiger partial charge on any atom is 0.412 e. The number of hydrogen-bond acceptors (Lipinski definition) is 2. The van der Waals surface area contributed by atoms with Gasteiger partial charge in [-0.3, -0.25) is 4.90 Å². The highest BCUT2D eigenvalue weighted by Crippen LogP contribution is 2.40. The first-order chi connectivity index (χ1) is 10.2. The Kier molecular flexibility index (Phi) is 3.39. The highest BCUT2D eigenvalue weighted by molar-refractivity contribution is 5.91. The Morgan fingerprint density at radius 1 is 1.10 bits per heavy atom. The van der Waals surface area contributed by atoms with Crippen molar-refractivity contribution < 1.29 is 15.0 Å². The van der Waals surface area contributed by atoms with Crippen molar-refractivity contribution in [3.63, 3.8) is 0 Å². The molecule has 1 aliphatic heterocycles. The van der Waals surface area contributed by atoms with Crippen molar-refractivity contribution in [2.45, 2.75) is 18.4 Å². The van der Waals surface area contributed by atoms with Crippen LogP contribution in [0.1, 0.15) is 11.1 Å². The number of rotatable bonds is 3. The SMILES string of the molecule is O=C(O)N1c2ccccc2CC1(CO)Cc1ccccc1.